The zero-order valence-electron chi connectivity index (χ0n) is 9.67. The number of aliphatic carboxylic acids is 1. The van der Waals surface area contributed by atoms with E-state index < -0.39 is 17.9 Å². The van der Waals surface area contributed by atoms with Crippen LogP contribution in [-0.2, 0) is 9.59 Å². The van der Waals surface area contributed by atoms with Crippen LogP contribution in [0.1, 0.15) is 16.8 Å². The lowest BCUT2D eigenvalue weighted by atomic mass is 10.1. The summed E-state index contributed by atoms with van der Waals surface area (Å²) >= 11 is 5.94. The molecule has 2 rings (SSSR count). The van der Waals surface area contributed by atoms with Crippen LogP contribution in [-0.4, -0.2) is 34.6 Å². The van der Waals surface area contributed by atoms with E-state index in [9.17, 15) is 14.4 Å². The molecule has 1 atom stereocenters. The van der Waals surface area contributed by atoms with E-state index in [-0.39, 0.29) is 29.5 Å². The molecule has 6 nitrogen and oxygen atoms in total. The molecule has 0 bridgehead atoms. The standard InChI is InChI=1S/C12H10ClNO5/c13-8-3-6(11(16)17)1-2-9(8)14-5-7(12(18)19)4-10(14)15/h1-3,7H,4-5H2,(H,16,17)(H,18,19). The molecule has 1 unspecified atom stereocenters. The first-order valence-corrected chi connectivity index (χ1v) is 5.84. The largest absolute Gasteiger partial charge is 0.481 e. The van der Waals surface area contributed by atoms with E-state index in [1.807, 2.05) is 0 Å². The van der Waals surface area contributed by atoms with Crippen LogP contribution in [0, 0.1) is 5.92 Å². The number of rotatable bonds is 3. The maximum Gasteiger partial charge on any atom is 0.335 e. The van der Waals surface area contributed by atoms with Crippen LogP contribution in [0.5, 0.6) is 0 Å². The van der Waals surface area contributed by atoms with Crippen molar-refractivity contribution >= 4 is 35.1 Å². The number of anilines is 1. The fraction of sp³-hybridized carbons (Fsp3) is 0.250. The van der Waals surface area contributed by atoms with E-state index in [1.165, 1.54) is 23.1 Å². The summed E-state index contributed by atoms with van der Waals surface area (Å²) in [6, 6.07) is 3.97. The van der Waals surface area contributed by atoms with Crippen molar-refractivity contribution in [3.63, 3.8) is 0 Å². The van der Waals surface area contributed by atoms with Gasteiger partial charge in [-0.25, -0.2) is 4.79 Å². The van der Waals surface area contributed by atoms with Gasteiger partial charge < -0.3 is 15.1 Å². The van der Waals surface area contributed by atoms with Crippen molar-refractivity contribution in [3.8, 4) is 0 Å². The minimum atomic E-state index is -1.12. The van der Waals surface area contributed by atoms with Gasteiger partial charge in [-0.3, -0.25) is 9.59 Å². The molecule has 2 N–H and O–H groups in total. The molecule has 1 aromatic rings. The molecule has 1 amide bonds. The van der Waals surface area contributed by atoms with Crippen LogP contribution in [0.15, 0.2) is 18.2 Å². The Bertz CT molecular complexity index is 571. The second-order valence-electron chi connectivity index (χ2n) is 4.21. The Morgan fingerprint density at radius 1 is 1.32 bits per heavy atom. The highest BCUT2D eigenvalue weighted by Gasteiger charge is 2.35. The minimum Gasteiger partial charge on any atom is -0.481 e. The summed E-state index contributed by atoms with van der Waals surface area (Å²) in [6.07, 6.45) is -0.0770. The number of halogens is 1. The number of nitrogens with zero attached hydrogens (tertiary/aromatic N) is 1. The van der Waals surface area contributed by atoms with E-state index >= 15 is 0 Å². The van der Waals surface area contributed by atoms with Crippen molar-refractivity contribution in [2.45, 2.75) is 6.42 Å². The Hall–Kier alpha value is -2.08. The van der Waals surface area contributed by atoms with Crippen molar-refractivity contribution in [1.82, 2.24) is 0 Å². The zero-order valence-corrected chi connectivity index (χ0v) is 10.4. The summed E-state index contributed by atoms with van der Waals surface area (Å²) in [5, 5.41) is 17.8. The predicted octanol–water partition coefficient (Wildman–Crippen LogP) is 1.48. The van der Waals surface area contributed by atoms with E-state index in [0.29, 0.717) is 5.69 Å². The molecular formula is C12H10ClNO5. The van der Waals surface area contributed by atoms with Gasteiger partial charge in [0.15, 0.2) is 0 Å². The topological polar surface area (TPSA) is 94.9 Å². The lowest BCUT2D eigenvalue weighted by Gasteiger charge is -2.17. The Morgan fingerprint density at radius 2 is 2.00 bits per heavy atom. The van der Waals surface area contributed by atoms with Crippen LogP contribution in [0.25, 0.3) is 0 Å². The molecule has 100 valence electrons. The van der Waals surface area contributed by atoms with E-state index in [4.69, 9.17) is 21.8 Å². The third-order valence-electron chi connectivity index (χ3n) is 2.96. The second-order valence-corrected chi connectivity index (χ2v) is 4.62. The highest BCUT2D eigenvalue weighted by atomic mass is 35.5. The van der Waals surface area contributed by atoms with Gasteiger partial charge in [-0.05, 0) is 18.2 Å². The SMILES string of the molecule is O=C(O)c1ccc(N2CC(C(=O)O)CC2=O)c(Cl)c1. The van der Waals surface area contributed by atoms with Gasteiger partial charge in [-0.15, -0.1) is 0 Å². The quantitative estimate of drug-likeness (QED) is 0.876. The lowest BCUT2D eigenvalue weighted by Crippen LogP contribution is -2.26. The van der Waals surface area contributed by atoms with E-state index in [2.05, 4.69) is 0 Å². The highest BCUT2D eigenvalue weighted by molar-refractivity contribution is 6.34. The van der Waals surface area contributed by atoms with Gasteiger partial charge in [0.05, 0.1) is 22.2 Å². The van der Waals surface area contributed by atoms with Crippen molar-refractivity contribution in [1.29, 1.82) is 0 Å². The first kappa shape index (κ1) is 13.4. The number of hydrogen-bond donors (Lipinski definition) is 2. The molecule has 19 heavy (non-hydrogen) atoms. The third-order valence-corrected chi connectivity index (χ3v) is 3.26. The summed E-state index contributed by atoms with van der Waals surface area (Å²) in [5.74, 6) is -3.25. The maximum atomic E-state index is 11.7. The van der Waals surface area contributed by atoms with Gasteiger partial charge in [0, 0.05) is 13.0 Å². The minimum absolute atomic E-state index is 0.00943. The number of carboxylic acid groups (broad SMARTS) is 2. The average molecular weight is 284 g/mol. The fourth-order valence-electron chi connectivity index (χ4n) is 1.96. The van der Waals surface area contributed by atoms with Crippen LogP contribution >= 0.6 is 11.6 Å². The number of aromatic carboxylic acids is 1. The predicted molar refractivity (Wildman–Crippen MR) is 66.5 cm³/mol. The van der Waals surface area contributed by atoms with Gasteiger partial charge in [0.2, 0.25) is 5.91 Å². The molecule has 7 heteroatoms. The van der Waals surface area contributed by atoms with Gasteiger partial charge in [0.1, 0.15) is 0 Å². The zero-order chi connectivity index (χ0) is 14.2. The lowest BCUT2D eigenvalue weighted by molar-refractivity contribution is -0.141. The molecular weight excluding hydrogens is 274 g/mol. The number of amides is 1. The summed E-state index contributed by atoms with van der Waals surface area (Å²) in [6.45, 7) is 0.0420. The summed E-state index contributed by atoms with van der Waals surface area (Å²) in [7, 11) is 0. The monoisotopic (exact) mass is 283 g/mol. The molecule has 1 aromatic carbocycles. The summed E-state index contributed by atoms with van der Waals surface area (Å²) in [4.78, 5) is 34.7. The van der Waals surface area contributed by atoms with Gasteiger partial charge in [-0.2, -0.15) is 0 Å². The molecule has 0 radical (unpaired) electrons. The molecule has 0 aromatic heterocycles. The Kier molecular flexibility index (Phi) is 3.44. The second kappa shape index (κ2) is 4.89. The number of carboxylic acids is 2. The Balaban J connectivity index is 2.30. The first-order valence-electron chi connectivity index (χ1n) is 5.46. The van der Waals surface area contributed by atoms with Gasteiger partial charge in [0.25, 0.3) is 0 Å². The smallest absolute Gasteiger partial charge is 0.335 e. The van der Waals surface area contributed by atoms with Crippen molar-refractivity contribution < 1.29 is 24.6 Å². The summed E-state index contributed by atoms with van der Waals surface area (Å²) in [5.41, 5.74) is 0.343. The fourth-order valence-corrected chi connectivity index (χ4v) is 2.25. The van der Waals surface area contributed by atoms with Gasteiger partial charge in [-0.1, -0.05) is 11.6 Å². The normalized spacial score (nSPS) is 18.7. The van der Waals surface area contributed by atoms with Gasteiger partial charge >= 0.3 is 11.9 Å². The molecule has 1 fully saturated rings. The summed E-state index contributed by atoms with van der Waals surface area (Å²) < 4.78 is 0. The van der Waals surface area contributed by atoms with Crippen LogP contribution in [0.2, 0.25) is 5.02 Å². The Labute approximate surface area is 113 Å². The van der Waals surface area contributed by atoms with Crippen LogP contribution in [0.3, 0.4) is 0 Å². The molecule has 1 saturated heterocycles. The molecule has 1 aliphatic rings. The third kappa shape index (κ3) is 2.53. The Morgan fingerprint density at radius 3 is 2.47 bits per heavy atom. The van der Waals surface area contributed by atoms with Crippen LogP contribution < -0.4 is 4.90 Å². The molecule has 0 aliphatic carbocycles. The number of benzene rings is 1. The molecule has 1 aliphatic heterocycles. The maximum absolute atomic E-state index is 11.7. The van der Waals surface area contributed by atoms with Crippen LogP contribution in [0.4, 0.5) is 5.69 Å². The molecule has 0 spiro atoms. The van der Waals surface area contributed by atoms with Crippen molar-refractivity contribution in [2.24, 2.45) is 5.92 Å². The molecule has 1 heterocycles. The van der Waals surface area contributed by atoms with Crippen molar-refractivity contribution in [3.05, 3.63) is 28.8 Å². The van der Waals surface area contributed by atoms with E-state index in [1.54, 1.807) is 0 Å². The number of carbonyl (C=O) groups is 3. The first-order chi connectivity index (χ1) is 8.90. The van der Waals surface area contributed by atoms with E-state index in [0.717, 1.165) is 0 Å². The average Bonchev–Trinajstić information content (AvgIpc) is 2.71. The van der Waals surface area contributed by atoms with Crippen molar-refractivity contribution in [2.75, 3.05) is 11.4 Å². The number of carbonyl (C=O) groups excluding carboxylic acids is 1. The number of hydrogen-bond acceptors (Lipinski definition) is 3. The highest BCUT2D eigenvalue weighted by Crippen LogP contribution is 2.32. The molecule has 0 saturated carbocycles.